The summed E-state index contributed by atoms with van der Waals surface area (Å²) in [6.45, 7) is 5.54. The molecule has 0 unspecified atom stereocenters. The predicted octanol–water partition coefficient (Wildman–Crippen LogP) is 5.53. The molecule has 0 saturated heterocycles. The Hall–Kier alpha value is -4.51. The van der Waals surface area contributed by atoms with Gasteiger partial charge >= 0.3 is 5.97 Å². The van der Waals surface area contributed by atoms with Gasteiger partial charge in [-0.1, -0.05) is 65.9 Å². The topological polar surface area (TPSA) is 136 Å². The molecule has 230 valence electrons. The molecule has 10 nitrogen and oxygen atoms in total. The molecule has 2 aromatic heterocycles. The number of ether oxygens (including phenoxy) is 1. The molecule has 4 aromatic rings. The van der Waals surface area contributed by atoms with E-state index in [0.29, 0.717) is 17.4 Å². The summed E-state index contributed by atoms with van der Waals surface area (Å²) in [5.41, 5.74) is 3.13. The summed E-state index contributed by atoms with van der Waals surface area (Å²) in [6, 6.07) is 20.9. The Morgan fingerprint density at radius 2 is 1.43 bits per heavy atom. The number of carbonyl (C=O) groups is 3. The second kappa shape index (κ2) is 15.8. The van der Waals surface area contributed by atoms with Crippen LogP contribution in [0.15, 0.2) is 66.7 Å². The molecule has 2 N–H and O–H groups in total. The van der Waals surface area contributed by atoms with E-state index in [-0.39, 0.29) is 37.0 Å². The molecule has 2 amide bonds. The molecule has 44 heavy (non-hydrogen) atoms. The van der Waals surface area contributed by atoms with Gasteiger partial charge in [-0.25, -0.2) is 0 Å². The summed E-state index contributed by atoms with van der Waals surface area (Å²) in [6.07, 6.45) is 4.60. The fourth-order valence-corrected chi connectivity index (χ4v) is 5.20. The van der Waals surface area contributed by atoms with E-state index in [0.717, 1.165) is 53.1 Å². The average molecular weight is 615 g/mol. The lowest BCUT2D eigenvalue weighted by molar-refractivity contribution is -0.154. The molecule has 0 spiro atoms. The van der Waals surface area contributed by atoms with Crippen LogP contribution in [-0.2, 0) is 51.2 Å². The van der Waals surface area contributed by atoms with Gasteiger partial charge in [0.05, 0.1) is 18.5 Å². The normalized spacial score (nSPS) is 11.2. The second-order valence-electron chi connectivity index (χ2n) is 11.5. The highest BCUT2D eigenvalue weighted by molar-refractivity contribution is 7.15. The van der Waals surface area contributed by atoms with Gasteiger partial charge < -0.3 is 15.4 Å². The SMILES string of the molecule is CC(C)(C)OC(=O)CCc1cccc(CC(=O)Nc2nnc(CCCCc3ccc(NC(=O)Cc4ccccc4)nn3)s2)c1. The fraction of sp³-hybridized carbons (Fsp3) is 0.364. The van der Waals surface area contributed by atoms with E-state index in [9.17, 15) is 14.4 Å². The molecule has 0 saturated carbocycles. The highest BCUT2D eigenvalue weighted by atomic mass is 32.1. The van der Waals surface area contributed by atoms with Crippen LogP contribution in [0.5, 0.6) is 0 Å². The third kappa shape index (κ3) is 11.6. The zero-order valence-electron chi connectivity index (χ0n) is 25.3. The number of rotatable bonds is 14. The van der Waals surface area contributed by atoms with Crippen LogP contribution in [0.2, 0.25) is 0 Å². The summed E-state index contributed by atoms with van der Waals surface area (Å²) in [7, 11) is 0. The van der Waals surface area contributed by atoms with E-state index >= 15 is 0 Å². The number of unbranched alkanes of at least 4 members (excludes halogenated alkanes) is 1. The molecule has 11 heteroatoms. The van der Waals surface area contributed by atoms with E-state index in [1.807, 2.05) is 81.4 Å². The fourth-order valence-electron chi connectivity index (χ4n) is 4.40. The Balaban J connectivity index is 1.14. The van der Waals surface area contributed by atoms with Crippen molar-refractivity contribution in [2.24, 2.45) is 0 Å². The van der Waals surface area contributed by atoms with Crippen molar-refractivity contribution in [1.29, 1.82) is 0 Å². The third-order valence-electron chi connectivity index (χ3n) is 6.38. The molecule has 0 aliphatic rings. The van der Waals surface area contributed by atoms with Crippen LogP contribution in [0.25, 0.3) is 0 Å². The van der Waals surface area contributed by atoms with Crippen molar-refractivity contribution in [3.63, 3.8) is 0 Å². The largest absolute Gasteiger partial charge is 0.460 e. The van der Waals surface area contributed by atoms with Crippen molar-refractivity contribution in [2.45, 2.75) is 77.7 Å². The second-order valence-corrected chi connectivity index (χ2v) is 12.5. The number of amides is 2. The van der Waals surface area contributed by atoms with Crippen molar-refractivity contribution >= 4 is 40.1 Å². The Morgan fingerprint density at radius 1 is 0.727 bits per heavy atom. The average Bonchev–Trinajstić information content (AvgIpc) is 3.41. The van der Waals surface area contributed by atoms with Crippen LogP contribution in [0.1, 0.15) is 67.4 Å². The van der Waals surface area contributed by atoms with Crippen LogP contribution in [0.3, 0.4) is 0 Å². The summed E-state index contributed by atoms with van der Waals surface area (Å²) < 4.78 is 5.37. The molecule has 0 atom stereocenters. The van der Waals surface area contributed by atoms with Gasteiger partial charge in [0.15, 0.2) is 5.82 Å². The van der Waals surface area contributed by atoms with Crippen molar-refractivity contribution in [3.8, 4) is 0 Å². The van der Waals surface area contributed by atoms with Crippen molar-refractivity contribution in [1.82, 2.24) is 20.4 Å². The Labute approximate surface area is 261 Å². The van der Waals surface area contributed by atoms with E-state index in [4.69, 9.17) is 4.74 Å². The number of hydrogen-bond acceptors (Lipinski definition) is 9. The summed E-state index contributed by atoms with van der Waals surface area (Å²) in [5, 5.41) is 23.6. The summed E-state index contributed by atoms with van der Waals surface area (Å²) in [5.74, 6) is -0.108. The number of hydrogen-bond donors (Lipinski definition) is 2. The van der Waals surface area contributed by atoms with Gasteiger partial charge in [-0.3, -0.25) is 14.4 Å². The van der Waals surface area contributed by atoms with Gasteiger partial charge in [-0.05, 0) is 75.3 Å². The first-order valence-corrected chi connectivity index (χ1v) is 15.5. The minimum absolute atomic E-state index is 0.132. The molecule has 0 aliphatic heterocycles. The van der Waals surface area contributed by atoms with E-state index < -0.39 is 5.60 Å². The Bertz CT molecular complexity index is 1530. The van der Waals surface area contributed by atoms with Gasteiger partial charge in [0.25, 0.3) is 0 Å². The van der Waals surface area contributed by atoms with E-state index in [1.54, 1.807) is 6.07 Å². The van der Waals surface area contributed by atoms with Crippen LogP contribution in [0.4, 0.5) is 10.9 Å². The predicted molar refractivity (Wildman–Crippen MR) is 170 cm³/mol. The lowest BCUT2D eigenvalue weighted by atomic mass is 10.0. The molecule has 0 bridgehead atoms. The highest BCUT2D eigenvalue weighted by Crippen LogP contribution is 2.19. The maximum absolute atomic E-state index is 12.6. The first-order valence-electron chi connectivity index (χ1n) is 14.7. The first kappa shape index (κ1) is 32.4. The Kier molecular flexibility index (Phi) is 11.6. The molecule has 2 heterocycles. The minimum atomic E-state index is -0.505. The van der Waals surface area contributed by atoms with Crippen LogP contribution in [0, 0.1) is 0 Å². The number of benzene rings is 2. The number of nitrogens with zero attached hydrogens (tertiary/aromatic N) is 4. The minimum Gasteiger partial charge on any atom is -0.460 e. The van der Waals surface area contributed by atoms with Crippen molar-refractivity contribution in [3.05, 3.63) is 94.1 Å². The summed E-state index contributed by atoms with van der Waals surface area (Å²) in [4.78, 5) is 36.9. The quantitative estimate of drug-likeness (QED) is 0.140. The molecular formula is C33H38N6O4S. The Morgan fingerprint density at radius 3 is 2.18 bits per heavy atom. The van der Waals surface area contributed by atoms with Gasteiger partial charge in [0, 0.05) is 12.8 Å². The number of anilines is 2. The molecule has 4 rings (SSSR count). The van der Waals surface area contributed by atoms with Crippen LogP contribution < -0.4 is 10.6 Å². The number of carbonyl (C=O) groups excluding carboxylic acids is 3. The van der Waals surface area contributed by atoms with Gasteiger partial charge in [-0.15, -0.1) is 15.3 Å². The smallest absolute Gasteiger partial charge is 0.306 e. The van der Waals surface area contributed by atoms with Crippen molar-refractivity contribution < 1.29 is 19.1 Å². The monoisotopic (exact) mass is 614 g/mol. The van der Waals surface area contributed by atoms with Gasteiger partial charge in [-0.2, -0.15) is 5.10 Å². The number of esters is 1. The van der Waals surface area contributed by atoms with E-state index in [1.165, 1.54) is 11.3 Å². The number of aryl methyl sites for hydroxylation is 3. The zero-order chi connectivity index (χ0) is 31.4. The lowest BCUT2D eigenvalue weighted by Crippen LogP contribution is -2.24. The van der Waals surface area contributed by atoms with Crippen molar-refractivity contribution in [2.75, 3.05) is 10.6 Å². The van der Waals surface area contributed by atoms with Crippen LogP contribution >= 0.6 is 11.3 Å². The maximum atomic E-state index is 12.6. The number of nitrogens with one attached hydrogen (secondary N) is 2. The molecule has 0 fully saturated rings. The lowest BCUT2D eigenvalue weighted by Gasteiger charge is -2.19. The number of aromatic nitrogens is 4. The molecule has 2 aromatic carbocycles. The molecule has 0 aliphatic carbocycles. The molecular weight excluding hydrogens is 576 g/mol. The highest BCUT2D eigenvalue weighted by Gasteiger charge is 2.16. The zero-order valence-corrected chi connectivity index (χ0v) is 26.2. The third-order valence-corrected chi connectivity index (χ3v) is 7.27. The van der Waals surface area contributed by atoms with E-state index in [2.05, 4.69) is 31.0 Å². The van der Waals surface area contributed by atoms with Gasteiger partial charge in [0.2, 0.25) is 16.9 Å². The van der Waals surface area contributed by atoms with Gasteiger partial charge in [0.1, 0.15) is 10.6 Å². The first-order chi connectivity index (χ1) is 21.1. The van der Waals surface area contributed by atoms with Crippen LogP contribution in [-0.4, -0.2) is 43.8 Å². The maximum Gasteiger partial charge on any atom is 0.306 e. The standard InChI is InChI=1S/C33H38N6O4S/c1-33(2,3)43-31(42)19-16-24-12-9-13-25(20-24)22-29(41)35-32-39-38-30(44-32)15-8-7-14-26-17-18-27(37-36-26)34-28(40)21-23-10-5-4-6-11-23/h4-6,9-13,17-18,20H,7-8,14-16,19,21-22H2,1-3H3,(H,34,37,40)(H,35,39,41). The molecule has 0 radical (unpaired) electrons. The summed E-state index contributed by atoms with van der Waals surface area (Å²) >= 11 is 1.37.